The summed E-state index contributed by atoms with van der Waals surface area (Å²) in [4.78, 5) is 23.7. The molecule has 1 aromatic rings. The number of nitrogens with one attached hydrogen (secondary N) is 2. The average Bonchev–Trinajstić information content (AvgIpc) is 3.02. The van der Waals surface area contributed by atoms with Crippen molar-refractivity contribution in [3.05, 3.63) is 35.9 Å². The lowest BCUT2D eigenvalue weighted by molar-refractivity contribution is -0.125. The van der Waals surface area contributed by atoms with Gasteiger partial charge in [0.15, 0.2) is 0 Å². The maximum absolute atomic E-state index is 11.9. The predicted octanol–water partition coefficient (Wildman–Crippen LogP) is 2.56. The highest BCUT2D eigenvalue weighted by Gasteiger charge is 2.22. The third kappa shape index (κ3) is 4.88. The number of amides is 2. The van der Waals surface area contributed by atoms with Gasteiger partial charge in [0.05, 0.1) is 6.04 Å². The topological polar surface area (TPSA) is 58.2 Å². The van der Waals surface area contributed by atoms with Gasteiger partial charge < -0.3 is 10.6 Å². The molecule has 1 aliphatic carbocycles. The Hall–Kier alpha value is -1.84. The third-order valence-electron chi connectivity index (χ3n) is 4.05. The molecule has 2 rings (SSSR count). The molecule has 1 aromatic carbocycles. The van der Waals surface area contributed by atoms with E-state index in [0.717, 1.165) is 31.2 Å². The van der Waals surface area contributed by atoms with E-state index < -0.39 is 0 Å². The van der Waals surface area contributed by atoms with E-state index in [2.05, 4.69) is 10.6 Å². The molecule has 1 atom stereocenters. The molecule has 4 nitrogen and oxygen atoms in total. The smallest absolute Gasteiger partial charge is 0.223 e. The highest BCUT2D eigenvalue weighted by atomic mass is 16.2. The van der Waals surface area contributed by atoms with Crippen molar-refractivity contribution in [2.24, 2.45) is 5.92 Å². The number of carbonyl (C=O) groups is 2. The van der Waals surface area contributed by atoms with Crippen molar-refractivity contribution in [2.45, 2.75) is 45.1 Å². The summed E-state index contributed by atoms with van der Waals surface area (Å²) in [6.45, 7) is 2.38. The zero-order valence-corrected chi connectivity index (χ0v) is 12.6. The minimum Gasteiger partial charge on any atom is -0.355 e. The second-order valence-corrected chi connectivity index (χ2v) is 5.72. The van der Waals surface area contributed by atoms with Crippen LogP contribution in [0.4, 0.5) is 0 Å². The summed E-state index contributed by atoms with van der Waals surface area (Å²) in [5.74, 6) is 0.241. The molecule has 0 aromatic heterocycles. The molecule has 1 saturated carbocycles. The van der Waals surface area contributed by atoms with Gasteiger partial charge in [-0.3, -0.25) is 9.59 Å². The first-order valence-electron chi connectivity index (χ1n) is 7.79. The van der Waals surface area contributed by atoms with Crippen LogP contribution in [0.5, 0.6) is 0 Å². The van der Waals surface area contributed by atoms with Gasteiger partial charge in [0.2, 0.25) is 11.8 Å². The van der Waals surface area contributed by atoms with Gasteiger partial charge in [-0.25, -0.2) is 0 Å². The lowest BCUT2D eigenvalue weighted by Gasteiger charge is -2.15. The molecule has 2 N–H and O–H groups in total. The molecule has 2 amide bonds. The molecule has 0 aliphatic heterocycles. The summed E-state index contributed by atoms with van der Waals surface area (Å²) in [7, 11) is 0. The molecule has 0 spiro atoms. The van der Waals surface area contributed by atoms with Gasteiger partial charge in [-0.05, 0) is 25.3 Å². The van der Waals surface area contributed by atoms with Crippen molar-refractivity contribution < 1.29 is 9.59 Å². The van der Waals surface area contributed by atoms with E-state index in [1.165, 1.54) is 0 Å². The Morgan fingerprint density at radius 1 is 1.19 bits per heavy atom. The SMILES string of the molecule is C[C@@H](NC(=O)CCNC(=O)C1CCCC1)c1ccccc1. The Balaban J connectivity index is 1.66. The normalized spacial score (nSPS) is 16.4. The quantitative estimate of drug-likeness (QED) is 0.845. The first-order valence-corrected chi connectivity index (χ1v) is 7.79. The van der Waals surface area contributed by atoms with Crippen LogP contribution in [0.2, 0.25) is 0 Å². The van der Waals surface area contributed by atoms with Crippen molar-refractivity contribution in [2.75, 3.05) is 6.54 Å². The molecule has 21 heavy (non-hydrogen) atoms. The van der Waals surface area contributed by atoms with E-state index in [9.17, 15) is 9.59 Å². The van der Waals surface area contributed by atoms with Gasteiger partial charge in [-0.1, -0.05) is 43.2 Å². The van der Waals surface area contributed by atoms with Gasteiger partial charge in [-0.15, -0.1) is 0 Å². The zero-order chi connectivity index (χ0) is 15.1. The standard InChI is InChI=1S/C17H24N2O2/c1-13(14-7-3-2-4-8-14)19-16(20)11-12-18-17(21)15-9-5-6-10-15/h2-4,7-8,13,15H,5-6,9-12H2,1H3,(H,18,21)(H,19,20)/t13-/m1/s1. The van der Waals surface area contributed by atoms with Gasteiger partial charge >= 0.3 is 0 Å². The van der Waals surface area contributed by atoms with Crippen molar-refractivity contribution in [1.29, 1.82) is 0 Å². The van der Waals surface area contributed by atoms with Crippen LogP contribution in [-0.4, -0.2) is 18.4 Å². The number of benzene rings is 1. The molecule has 1 aliphatic rings. The highest BCUT2D eigenvalue weighted by Crippen LogP contribution is 2.24. The molecule has 0 saturated heterocycles. The molecular formula is C17H24N2O2. The summed E-state index contributed by atoms with van der Waals surface area (Å²) in [5, 5.41) is 5.82. The van der Waals surface area contributed by atoms with Crippen LogP contribution >= 0.6 is 0 Å². The monoisotopic (exact) mass is 288 g/mol. The molecular weight excluding hydrogens is 264 g/mol. The van der Waals surface area contributed by atoms with Gasteiger partial charge in [0.25, 0.3) is 0 Å². The summed E-state index contributed by atoms with van der Waals surface area (Å²) in [6.07, 6.45) is 4.60. The minimum absolute atomic E-state index is 0.00997. The van der Waals surface area contributed by atoms with Gasteiger partial charge in [-0.2, -0.15) is 0 Å². The Kier molecular flexibility index (Phi) is 5.78. The number of carbonyl (C=O) groups excluding carboxylic acids is 2. The van der Waals surface area contributed by atoms with Crippen molar-refractivity contribution >= 4 is 11.8 Å². The van der Waals surface area contributed by atoms with E-state index >= 15 is 0 Å². The fraction of sp³-hybridized carbons (Fsp3) is 0.529. The summed E-state index contributed by atoms with van der Waals surface area (Å²) in [6, 6.07) is 9.85. The first-order chi connectivity index (χ1) is 10.2. The van der Waals surface area contributed by atoms with E-state index in [1.54, 1.807) is 0 Å². The van der Waals surface area contributed by atoms with E-state index in [4.69, 9.17) is 0 Å². The van der Waals surface area contributed by atoms with E-state index in [0.29, 0.717) is 13.0 Å². The van der Waals surface area contributed by atoms with Gasteiger partial charge in [0, 0.05) is 18.9 Å². The molecule has 0 heterocycles. The Morgan fingerprint density at radius 3 is 2.52 bits per heavy atom. The van der Waals surface area contributed by atoms with Crippen molar-refractivity contribution in [3.8, 4) is 0 Å². The average molecular weight is 288 g/mol. The highest BCUT2D eigenvalue weighted by molar-refractivity contribution is 5.80. The maximum atomic E-state index is 11.9. The third-order valence-corrected chi connectivity index (χ3v) is 4.05. The molecule has 1 fully saturated rings. The Labute approximate surface area is 126 Å². The fourth-order valence-electron chi connectivity index (χ4n) is 2.77. The van der Waals surface area contributed by atoms with Crippen LogP contribution in [0.25, 0.3) is 0 Å². The molecule has 0 unspecified atom stereocenters. The van der Waals surface area contributed by atoms with Crippen LogP contribution < -0.4 is 10.6 Å². The second kappa shape index (κ2) is 7.81. The maximum Gasteiger partial charge on any atom is 0.223 e. The summed E-state index contributed by atoms with van der Waals surface area (Å²) in [5.41, 5.74) is 1.08. The fourth-order valence-corrected chi connectivity index (χ4v) is 2.77. The van der Waals surface area contributed by atoms with Crippen LogP contribution in [0.1, 0.15) is 50.6 Å². The van der Waals surface area contributed by atoms with E-state index in [1.807, 2.05) is 37.3 Å². The van der Waals surface area contributed by atoms with Crippen LogP contribution in [0.3, 0.4) is 0 Å². The van der Waals surface area contributed by atoms with Gasteiger partial charge in [0.1, 0.15) is 0 Å². The number of hydrogen-bond acceptors (Lipinski definition) is 2. The Morgan fingerprint density at radius 2 is 1.86 bits per heavy atom. The van der Waals surface area contributed by atoms with E-state index in [-0.39, 0.29) is 23.8 Å². The molecule has 0 radical (unpaired) electrons. The van der Waals surface area contributed by atoms with Crippen LogP contribution in [0.15, 0.2) is 30.3 Å². The van der Waals surface area contributed by atoms with Crippen LogP contribution in [-0.2, 0) is 9.59 Å². The van der Waals surface area contributed by atoms with Crippen molar-refractivity contribution in [1.82, 2.24) is 10.6 Å². The summed E-state index contributed by atoms with van der Waals surface area (Å²) < 4.78 is 0. The lowest BCUT2D eigenvalue weighted by Crippen LogP contribution is -2.34. The molecule has 114 valence electrons. The first kappa shape index (κ1) is 15.5. The van der Waals surface area contributed by atoms with Crippen molar-refractivity contribution in [3.63, 3.8) is 0 Å². The summed E-state index contributed by atoms with van der Waals surface area (Å²) >= 11 is 0. The number of rotatable bonds is 6. The second-order valence-electron chi connectivity index (χ2n) is 5.72. The van der Waals surface area contributed by atoms with Crippen LogP contribution in [0, 0.1) is 5.92 Å². The largest absolute Gasteiger partial charge is 0.355 e. The molecule has 0 bridgehead atoms. The zero-order valence-electron chi connectivity index (χ0n) is 12.6. The lowest BCUT2D eigenvalue weighted by atomic mass is 10.1. The molecule has 4 heteroatoms. The Bertz CT molecular complexity index is 467. The minimum atomic E-state index is -0.0296. The predicted molar refractivity (Wildman–Crippen MR) is 82.6 cm³/mol. The number of hydrogen-bond donors (Lipinski definition) is 2.